The van der Waals surface area contributed by atoms with E-state index in [0.29, 0.717) is 37.3 Å². The standard InChI is InChI=1S/C25H27N5O5/c31-20-9-7-18(8-10-20)29-22-11-6-16(15-28-12-2-5-23(28)32)13-21(22)26-25(29)27-24(33)17-3-1-4-19(14-17)30(34)35/h1,3-4,6,11,13-14,18,20,31H,2,5,7-10,12,15H2,(H,26,27,33). The molecule has 1 aliphatic carbocycles. The van der Waals surface area contributed by atoms with Crippen molar-refractivity contribution in [3.05, 3.63) is 63.7 Å². The molecule has 0 unspecified atom stereocenters. The van der Waals surface area contributed by atoms with E-state index in [-0.39, 0.29) is 29.3 Å². The highest BCUT2D eigenvalue weighted by molar-refractivity contribution is 6.04. The first-order valence-corrected chi connectivity index (χ1v) is 11.9. The predicted octanol–water partition coefficient (Wildman–Crippen LogP) is 3.80. The summed E-state index contributed by atoms with van der Waals surface area (Å²) >= 11 is 0. The Bertz CT molecular complexity index is 1290. The number of hydrogen-bond donors (Lipinski definition) is 2. The lowest BCUT2D eigenvalue weighted by atomic mass is 9.93. The lowest BCUT2D eigenvalue weighted by molar-refractivity contribution is -0.384. The number of nitrogens with zero attached hydrogens (tertiary/aromatic N) is 4. The fourth-order valence-electron chi connectivity index (χ4n) is 5.04. The van der Waals surface area contributed by atoms with E-state index >= 15 is 0 Å². The largest absolute Gasteiger partial charge is 0.393 e. The van der Waals surface area contributed by atoms with Crippen molar-refractivity contribution in [2.24, 2.45) is 0 Å². The van der Waals surface area contributed by atoms with Gasteiger partial charge in [0.25, 0.3) is 11.6 Å². The molecule has 10 heteroatoms. The van der Waals surface area contributed by atoms with Gasteiger partial charge in [-0.2, -0.15) is 0 Å². The monoisotopic (exact) mass is 477 g/mol. The summed E-state index contributed by atoms with van der Waals surface area (Å²) in [4.78, 5) is 42.2. The number of fused-ring (bicyclic) bond motifs is 1. The lowest BCUT2D eigenvalue weighted by Gasteiger charge is -2.28. The SMILES string of the molecule is O=C(Nc1nc2cc(CN3CCCC3=O)ccc2n1C1CCC(O)CC1)c1cccc([N+](=O)[O-])c1. The minimum atomic E-state index is -0.536. The van der Waals surface area contributed by atoms with Crippen LogP contribution in [-0.4, -0.2) is 48.9 Å². The summed E-state index contributed by atoms with van der Waals surface area (Å²) in [5, 5.41) is 24.0. The van der Waals surface area contributed by atoms with Gasteiger partial charge in [-0.3, -0.25) is 25.0 Å². The van der Waals surface area contributed by atoms with Crippen LogP contribution >= 0.6 is 0 Å². The number of aliphatic hydroxyl groups excluding tert-OH is 1. The molecule has 3 aromatic rings. The Labute approximate surface area is 201 Å². The van der Waals surface area contributed by atoms with E-state index in [9.17, 15) is 24.8 Å². The van der Waals surface area contributed by atoms with E-state index in [0.717, 1.165) is 36.9 Å². The van der Waals surface area contributed by atoms with Gasteiger partial charge in [0.05, 0.1) is 22.1 Å². The molecule has 1 aromatic heterocycles. The summed E-state index contributed by atoms with van der Waals surface area (Å²) in [6.07, 6.45) is 3.95. The van der Waals surface area contributed by atoms with Gasteiger partial charge in [0.2, 0.25) is 11.9 Å². The zero-order valence-electron chi connectivity index (χ0n) is 19.2. The average Bonchev–Trinajstić information content (AvgIpc) is 3.42. The summed E-state index contributed by atoms with van der Waals surface area (Å²) in [7, 11) is 0. The van der Waals surface area contributed by atoms with Crippen molar-refractivity contribution in [3.63, 3.8) is 0 Å². The molecular formula is C25H27N5O5. The van der Waals surface area contributed by atoms with Gasteiger partial charge in [-0.05, 0) is 55.9 Å². The number of aliphatic hydroxyl groups is 1. The maximum Gasteiger partial charge on any atom is 0.270 e. The number of hydrogen-bond acceptors (Lipinski definition) is 6. The molecule has 2 aliphatic rings. The molecule has 10 nitrogen and oxygen atoms in total. The fraction of sp³-hybridized carbons (Fsp3) is 0.400. The number of carbonyl (C=O) groups is 2. The molecule has 5 rings (SSSR count). The first kappa shape index (κ1) is 23.0. The summed E-state index contributed by atoms with van der Waals surface area (Å²) in [5.41, 5.74) is 2.54. The number of aromatic nitrogens is 2. The van der Waals surface area contributed by atoms with Gasteiger partial charge in [0.1, 0.15) is 0 Å². The predicted molar refractivity (Wildman–Crippen MR) is 129 cm³/mol. The first-order chi connectivity index (χ1) is 16.9. The number of amides is 2. The number of likely N-dealkylation sites (tertiary alicyclic amines) is 1. The van der Waals surface area contributed by atoms with E-state index in [1.54, 1.807) is 0 Å². The number of non-ortho nitro benzene ring substituents is 1. The van der Waals surface area contributed by atoms with E-state index in [2.05, 4.69) is 5.32 Å². The molecule has 2 amide bonds. The quantitative estimate of drug-likeness (QED) is 0.410. The number of nitrogens with one attached hydrogen (secondary N) is 1. The molecule has 182 valence electrons. The number of nitro groups is 1. The van der Waals surface area contributed by atoms with Gasteiger partial charge in [0, 0.05) is 43.2 Å². The fourth-order valence-corrected chi connectivity index (χ4v) is 5.04. The molecule has 0 spiro atoms. The highest BCUT2D eigenvalue weighted by atomic mass is 16.6. The van der Waals surface area contributed by atoms with Crippen LogP contribution in [0, 0.1) is 10.1 Å². The highest BCUT2D eigenvalue weighted by Crippen LogP contribution is 2.35. The van der Waals surface area contributed by atoms with E-state index in [1.165, 1.54) is 24.3 Å². The molecular weight excluding hydrogens is 450 g/mol. The minimum Gasteiger partial charge on any atom is -0.393 e. The first-order valence-electron chi connectivity index (χ1n) is 11.9. The van der Waals surface area contributed by atoms with Crippen LogP contribution in [-0.2, 0) is 11.3 Å². The molecule has 0 radical (unpaired) electrons. The van der Waals surface area contributed by atoms with Gasteiger partial charge < -0.3 is 14.6 Å². The molecule has 0 atom stereocenters. The Morgan fingerprint density at radius 1 is 1.17 bits per heavy atom. The second kappa shape index (κ2) is 9.46. The van der Waals surface area contributed by atoms with Crippen molar-refractivity contribution < 1.29 is 19.6 Å². The number of imidazole rings is 1. The Hall–Kier alpha value is -3.79. The molecule has 1 saturated heterocycles. The maximum atomic E-state index is 13.0. The molecule has 2 aromatic carbocycles. The topological polar surface area (TPSA) is 131 Å². The summed E-state index contributed by atoms with van der Waals surface area (Å²) in [6.45, 7) is 1.27. The summed E-state index contributed by atoms with van der Waals surface area (Å²) in [6, 6.07) is 11.5. The number of benzene rings is 2. The molecule has 35 heavy (non-hydrogen) atoms. The Morgan fingerprint density at radius 3 is 2.69 bits per heavy atom. The normalized spacial score (nSPS) is 20.4. The van der Waals surface area contributed by atoms with E-state index < -0.39 is 10.8 Å². The molecule has 0 bridgehead atoms. The van der Waals surface area contributed by atoms with Crippen molar-refractivity contribution >= 4 is 34.5 Å². The van der Waals surface area contributed by atoms with Crippen LogP contribution in [0.3, 0.4) is 0 Å². The second-order valence-electron chi connectivity index (χ2n) is 9.27. The molecule has 1 saturated carbocycles. The van der Waals surface area contributed by atoms with Crippen LogP contribution in [0.5, 0.6) is 0 Å². The van der Waals surface area contributed by atoms with Crippen LogP contribution in [0.25, 0.3) is 11.0 Å². The van der Waals surface area contributed by atoms with Crippen LogP contribution < -0.4 is 5.32 Å². The van der Waals surface area contributed by atoms with Gasteiger partial charge in [0.15, 0.2) is 0 Å². The van der Waals surface area contributed by atoms with Crippen molar-refractivity contribution in [1.82, 2.24) is 14.5 Å². The molecule has 2 heterocycles. The van der Waals surface area contributed by atoms with E-state index in [4.69, 9.17) is 4.98 Å². The zero-order valence-corrected chi connectivity index (χ0v) is 19.2. The zero-order chi connectivity index (χ0) is 24.5. The molecule has 2 N–H and O–H groups in total. The summed E-state index contributed by atoms with van der Waals surface area (Å²) < 4.78 is 2.00. The Balaban J connectivity index is 1.48. The van der Waals surface area contributed by atoms with Gasteiger partial charge in [-0.1, -0.05) is 12.1 Å². The average molecular weight is 478 g/mol. The Kier molecular flexibility index (Phi) is 6.21. The number of nitro benzene ring substituents is 1. The maximum absolute atomic E-state index is 13.0. The third-order valence-corrected chi connectivity index (χ3v) is 6.87. The van der Waals surface area contributed by atoms with Crippen molar-refractivity contribution in [2.45, 2.75) is 57.2 Å². The number of rotatable bonds is 6. The smallest absolute Gasteiger partial charge is 0.270 e. The Morgan fingerprint density at radius 2 is 1.97 bits per heavy atom. The number of carbonyl (C=O) groups excluding carboxylic acids is 2. The van der Waals surface area contributed by atoms with Crippen LogP contribution in [0.1, 0.15) is 60.5 Å². The lowest BCUT2D eigenvalue weighted by Crippen LogP contribution is -2.24. The van der Waals surface area contributed by atoms with Gasteiger partial charge in [-0.15, -0.1) is 0 Å². The van der Waals surface area contributed by atoms with Gasteiger partial charge in [-0.25, -0.2) is 4.98 Å². The third-order valence-electron chi connectivity index (χ3n) is 6.87. The van der Waals surface area contributed by atoms with Crippen LogP contribution in [0.4, 0.5) is 11.6 Å². The van der Waals surface area contributed by atoms with Gasteiger partial charge >= 0.3 is 0 Å². The summed E-state index contributed by atoms with van der Waals surface area (Å²) in [5.74, 6) is 0.0394. The molecule has 1 aliphatic heterocycles. The third kappa shape index (κ3) is 4.74. The number of anilines is 1. The highest BCUT2D eigenvalue weighted by Gasteiger charge is 2.27. The second-order valence-corrected chi connectivity index (χ2v) is 9.27. The van der Waals surface area contributed by atoms with Crippen molar-refractivity contribution in [1.29, 1.82) is 0 Å². The van der Waals surface area contributed by atoms with Crippen LogP contribution in [0.15, 0.2) is 42.5 Å². The van der Waals surface area contributed by atoms with Crippen LogP contribution in [0.2, 0.25) is 0 Å². The van der Waals surface area contributed by atoms with Crippen molar-refractivity contribution in [3.8, 4) is 0 Å². The molecule has 2 fully saturated rings. The van der Waals surface area contributed by atoms with Crippen molar-refractivity contribution in [2.75, 3.05) is 11.9 Å². The minimum absolute atomic E-state index is 0.0508. The van der Waals surface area contributed by atoms with E-state index in [1.807, 2.05) is 27.7 Å².